The molecule has 0 rings (SSSR count). The van der Waals surface area contributed by atoms with Crippen molar-refractivity contribution in [2.45, 2.75) is 10.8 Å². The summed E-state index contributed by atoms with van der Waals surface area (Å²) >= 11 is 15.9. The minimum absolute atomic E-state index is 0.282. The molecule has 5 heteroatoms. The second kappa shape index (κ2) is 2.95. The van der Waals surface area contributed by atoms with Gasteiger partial charge in [0.05, 0.1) is 0 Å². The van der Waals surface area contributed by atoms with Gasteiger partial charge in [0.1, 0.15) is 0 Å². The number of hydrogen-bond acceptors (Lipinski definition) is 1. The van der Waals surface area contributed by atoms with Crippen LogP contribution in [0.4, 0.5) is 0 Å². The zero-order chi connectivity index (χ0) is 7.65. The molecule has 1 amide bonds. The van der Waals surface area contributed by atoms with Crippen molar-refractivity contribution >= 4 is 40.7 Å². The molecule has 0 aliphatic heterocycles. The third-order valence-electron chi connectivity index (χ3n) is 0.853. The van der Waals surface area contributed by atoms with Crippen LogP contribution in [0.3, 0.4) is 0 Å². The van der Waals surface area contributed by atoms with Crippen LogP contribution in [0.15, 0.2) is 0 Å². The molecule has 9 heavy (non-hydrogen) atoms. The lowest BCUT2D eigenvalue weighted by atomic mass is 10.6. The molecule has 0 saturated carbocycles. The molecular weight excluding hydrogens is 184 g/mol. The first-order valence-corrected chi connectivity index (χ1v) is 3.30. The predicted molar refractivity (Wildman–Crippen MR) is 38.7 cm³/mol. The smallest absolute Gasteiger partial charge is 0.270 e. The molecule has 0 bridgehead atoms. The monoisotopic (exact) mass is 189 g/mol. The Bertz CT molecular complexity index is 119. The summed E-state index contributed by atoms with van der Waals surface area (Å²) in [5.41, 5.74) is 0. The van der Waals surface area contributed by atoms with E-state index in [1.807, 2.05) is 0 Å². The highest BCUT2D eigenvalue weighted by Gasteiger charge is 2.27. The fourth-order valence-corrected chi connectivity index (χ4v) is 0.536. The molecule has 2 nitrogen and oxygen atoms in total. The molecule has 0 spiro atoms. The van der Waals surface area contributed by atoms with Gasteiger partial charge in [-0.25, -0.2) is 0 Å². The molecule has 0 aliphatic rings. The normalized spacial score (nSPS) is 11.2. The summed E-state index contributed by atoms with van der Waals surface area (Å²) in [6, 6.07) is 0. The minimum atomic E-state index is -1.62. The highest BCUT2D eigenvalue weighted by atomic mass is 35.6. The van der Waals surface area contributed by atoms with Crippen molar-refractivity contribution in [1.82, 2.24) is 4.90 Å². The standard InChI is InChI=1S/C4H6Cl3NO/c1-3(9)8(2)4(5,6)7/h1-2H3. The van der Waals surface area contributed by atoms with Crippen LogP contribution in [-0.2, 0) is 4.79 Å². The summed E-state index contributed by atoms with van der Waals surface area (Å²) < 4.78 is -1.62. The van der Waals surface area contributed by atoms with Crippen LogP contribution < -0.4 is 0 Å². The summed E-state index contributed by atoms with van der Waals surface area (Å²) in [6.07, 6.45) is 0. The number of carbonyl (C=O) groups is 1. The Morgan fingerprint density at radius 2 is 1.78 bits per heavy atom. The molecule has 0 heterocycles. The van der Waals surface area contributed by atoms with Crippen molar-refractivity contribution in [3.63, 3.8) is 0 Å². The van der Waals surface area contributed by atoms with Crippen LogP contribution >= 0.6 is 34.8 Å². The first kappa shape index (κ1) is 9.34. The fraction of sp³-hybridized carbons (Fsp3) is 0.750. The van der Waals surface area contributed by atoms with Crippen molar-refractivity contribution in [3.05, 3.63) is 0 Å². The lowest BCUT2D eigenvalue weighted by Gasteiger charge is -2.22. The Hall–Kier alpha value is 0.340. The molecule has 0 N–H and O–H groups in total. The van der Waals surface area contributed by atoms with Gasteiger partial charge in [-0.05, 0) is 0 Å². The Kier molecular flexibility index (Phi) is 3.06. The maximum absolute atomic E-state index is 10.5. The van der Waals surface area contributed by atoms with Gasteiger partial charge in [0.15, 0.2) is 0 Å². The number of hydrogen-bond donors (Lipinski definition) is 0. The fourth-order valence-electron chi connectivity index (χ4n) is 0.179. The van der Waals surface area contributed by atoms with Gasteiger partial charge >= 0.3 is 0 Å². The van der Waals surface area contributed by atoms with E-state index in [0.717, 1.165) is 4.90 Å². The Balaban J connectivity index is 4.04. The summed E-state index contributed by atoms with van der Waals surface area (Å²) in [6.45, 7) is 1.32. The van der Waals surface area contributed by atoms with Gasteiger partial charge in [-0.2, -0.15) is 0 Å². The van der Waals surface area contributed by atoms with Gasteiger partial charge in [-0.3, -0.25) is 4.79 Å². The second-order valence-corrected chi connectivity index (χ2v) is 3.77. The van der Waals surface area contributed by atoms with E-state index >= 15 is 0 Å². The molecule has 0 aromatic heterocycles. The quantitative estimate of drug-likeness (QED) is 0.421. The summed E-state index contributed by atoms with van der Waals surface area (Å²) in [4.78, 5) is 11.5. The molecule has 54 valence electrons. The van der Waals surface area contributed by atoms with Crippen LogP contribution in [0.5, 0.6) is 0 Å². The molecule has 0 aromatic rings. The molecule has 0 aliphatic carbocycles. The van der Waals surface area contributed by atoms with E-state index in [1.54, 1.807) is 0 Å². The third kappa shape index (κ3) is 3.14. The highest BCUT2D eigenvalue weighted by Crippen LogP contribution is 2.28. The molecule has 0 fully saturated rings. The van der Waals surface area contributed by atoms with E-state index in [9.17, 15) is 4.79 Å². The SMILES string of the molecule is CC(=O)N(C)C(Cl)(Cl)Cl. The van der Waals surface area contributed by atoms with Crippen molar-refractivity contribution in [2.24, 2.45) is 0 Å². The third-order valence-corrected chi connectivity index (χ3v) is 1.61. The van der Waals surface area contributed by atoms with Gasteiger partial charge < -0.3 is 4.90 Å². The maximum atomic E-state index is 10.5. The van der Waals surface area contributed by atoms with Gasteiger partial charge in [-0.1, -0.05) is 34.8 Å². The van der Waals surface area contributed by atoms with Gasteiger partial charge in [0, 0.05) is 14.0 Å². The molecule has 0 saturated heterocycles. The number of alkyl halides is 3. The zero-order valence-electron chi connectivity index (χ0n) is 4.99. The van der Waals surface area contributed by atoms with Gasteiger partial charge in [0.25, 0.3) is 3.92 Å². The van der Waals surface area contributed by atoms with E-state index in [-0.39, 0.29) is 5.91 Å². The van der Waals surface area contributed by atoms with Crippen LogP contribution in [-0.4, -0.2) is 21.8 Å². The number of carbonyl (C=O) groups excluding carboxylic acids is 1. The summed E-state index contributed by atoms with van der Waals surface area (Å²) in [5, 5.41) is 0. The molecule has 0 atom stereocenters. The molecular formula is C4H6Cl3NO. The van der Waals surface area contributed by atoms with Crippen LogP contribution in [0.25, 0.3) is 0 Å². The average Bonchev–Trinajstić information content (AvgIpc) is 1.62. The van der Waals surface area contributed by atoms with Crippen LogP contribution in [0.2, 0.25) is 0 Å². The number of amides is 1. The maximum Gasteiger partial charge on any atom is 0.270 e. The van der Waals surface area contributed by atoms with E-state index in [0.29, 0.717) is 0 Å². The molecule has 0 unspecified atom stereocenters. The molecule has 0 radical (unpaired) electrons. The summed E-state index contributed by atoms with van der Waals surface area (Å²) in [7, 11) is 1.41. The number of nitrogens with zero attached hydrogens (tertiary/aromatic N) is 1. The largest absolute Gasteiger partial charge is 0.302 e. The van der Waals surface area contributed by atoms with E-state index in [1.165, 1.54) is 14.0 Å². The second-order valence-electron chi connectivity index (χ2n) is 1.55. The van der Waals surface area contributed by atoms with Crippen LogP contribution in [0, 0.1) is 0 Å². The topological polar surface area (TPSA) is 20.3 Å². The first-order chi connectivity index (χ1) is 3.85. The van der Waals surface area contributed by atoms with Crippen molar-refractivity contribution in [3.8, 4) is 0 Å². The van der Waals surface area contributed by atoms with E-state index in [2.05, 4.69) is 0 Å². The Morgan fingerprint density at radius 1 is 1.44 bits per heavy atom. The average molecular weight is 190 g/mol. The van der Waals surface area contributed by atoms with E-state index in [4.69, 9.17) is 34.8 Å². The highest BCUT2D eigenvalue weighted by molar-refractivity contribution is 6.67. The summed E-state index contributed by atoms with van der Waals surface area (Å²) in [5.74, 6) is -0.282. The van der Waals surface area contributed by atoms with Gasteiger partial charge in [-0.15, -0.1) is 0 Å². The lowest BCUT2D eigenvalue weighted by molar-refractivity contribution is -0.127. The van der Waals surface area contributed by atoms with Crippen LogP contribution in [0.1, 0.15) is 6.92 Å². The Morgan fingerprint density at radius 3 is 1.78 bits per heavy atom. The lowest BCUT2D eigenvalue weighted by Crippen LogP contribution is -2.35. The molecule has 0 aromatic carbocycles. The minimum Gasteiger partial charge on any atom is -0.302 e. The first-order valence-electron chi connectivity index (χ1n) is 2.17. The predicted octanol–water partition coefficient (Wildman–Crippen LogP) is 1.79. The number of rotatable bonds is 0. The van der Waals surface area contributed by atoms with Crippen molar-refractivity contribution in [1.29, 1.82) is 0 Å². The van der Waals surface area contributed by atoms with E-state index < -0.39 is 3.92 Å². The zero-order valence-corrected chi connectivity index (χ0v) is 7.26. The Labute approximate surface area is 68.7 Å². The number of halogens is 3. The van der Waals surface area contributed by atoms with Crippen molar-refractivity contribution in [2.75, 3.05) is 7.05 Å². The van der Waals surface area contributed by atoms with Crippen molar-refractivity contribution < 1.29 is 4.79 Å². The van der Waals surface area contributed by atoms with Gasteiger partial charge in [0.2, 0.25) is 5.91 Å².